The molecule has 2 aromatic rings. The Balaban J connectivity index is 1.67. The monoisotopic (exact) mass is 271 g/mol. The van der Waals surface area contributed by atoms with Crippen molar-refractivity contribution in [2.75, 3.05) is 0 Å². The number of hydrogen-bond acceptors (Lipinski definition) is 3. The molecule has 0 saturated carbocycles. The van der Waals surface area contributed by atoms with Crippen LogP contribution in [-0.4, -0.2) is 10.8 Å². The minimum absolute atomic E-state index is 0.238. The van der Waals surface area contributed by atoms with Crippen molar-refractivity contribution in [1.82, 2.24) is 4.98 Å². The molecule has 0 saturated heterocycles. The van der Waals surface area contributed by atoms with Crippen molar-refractivity contribution in [3.8, 4) is 0 Å². The van der Waals surface area contributed by atoms with Crippen LogP contribution < -0.4 is 0 Å². The number of fused-ring (bicyclic) bond motifs is 1. The first kappa shape index (κ1) is 12.5. The number of aryl methyl sites for hydroxylation is 4. The molecule has 3 rings (SSSR count). The lowest BCUT2D eigenvalue weighted by atomic mass is 10.0. The summed E-state index contributed by atoms with van der Waals surface area (Å²) in [6.07, 6.45) is 4.84. The number of hydrogen-bond donors (Lipinski definition) is 0. The quantitative estimate of drug-likeness (QED) is 0.793. The molecule has 2 nitrogen and oxygen atoms in total. The van der Waals surface area contributed by atoms with E-state index < -0.39 is 0 Å². The molecular weight excluding hydrogens is 254 g/mol. The lowest BCUT2D eigenvalue weighted by Gasteiger charge is -2.03. The molecule has 1 aliphatic carbocycles. The minimum Gasteiger partial charge on any atom is -0.294 e. The lowest BCUT2D eigenvalue weighted by molar-refractivity contribution is 0.0982. The van der Waals surface area contributed by atoms with Gasteiger partial charge in [-0.1, -0.05) is 12.1 Å². The van der Waals surface area contributed by atoms with E-state index in [9.17, 15) is 4.79 Å². The Morgan fingerprint density at radius 3 is 2.95 bits per heavy atom. The van der Waals surface area contributed by atoms with Gasteiger partial charge in [-0.25, -0.2) is 4.98 Å². The summed E-state index contributed by atoms with van der Waals surface area (Å²) in [6, 6.07) is 6.21. The summed E-state index contributed by atoms with van der Waals surface area (Å²) in [5.74, 6) is 0.238. The van der Waals surface area contributed by atoms with E-state index in [2.05, 4.69) is 17.1 Å². The molecule has 0 unspecified atom stereocenters. The number of rotatable bonds is 4. The molecule has 0 aliphatic heterocycles. The van der Waals surface area contributed by atoms with Crippen LogP contribution >= 0.6 is 11.3 Å². The van der Waals surface area contributed by atoms with Crippen molar-refractivity contribution in [2.24, 2.45) is 0 Å². The Morgan fingerprint density at radius 2 is 2.16 bits per heavy atom. The third-order valence-corrected chi connectivity index (χ3v) is 4.68. The van der Waals surface area contributed by atoms with Crippen LogP contribution in [0.25, 0.3) is 0 Å². The number of aromatic nitrogens is 1. The number of nitrogens with zero attached hydrogens (tertiary/aromatic N) is 1. The van der Waals surface area contributed by atoms with Crippen LogP contribution in [-0.2, 0) is 19.3 Å². The molecule has 0 amide bonds. The van der Waals surface area contributed by atoms with Gasteiger partial charge in [0.1, 0.15) is 0 Å². The van der Waals surface area contributed by atoms with E-state index in [0.717, 1.165) is 29.1 Å². The molecule has 0 spiro atoms. The summed E-state index contributed by atoms with van der Waals surface area (Å²) < 4.78 is 0. The number of ketones is 1. The summed E-state index contributed by atoms with van der Waals surface area (Å²) >= 11 is 1.64. The van der Waals surface area contributed by atoms with E-state index in [1.807, 2.05) is 18.4 Å². The maximum Gasteiger partial charge on any atom is 0.163 e. The van der Waals surface area contributed by atoms with Gasteiger partial charge in [0.05, 0.1) is 5.01 Å². The minimum atomic E-state index is 0.238. The predicted molar refractivity (Wildman–Crippen MR) is 78.0 cm³/mol. The fourth-order valence-corrected chi connectivity index (χ4v) is 3.40. The van der Waals surface area contributed by atoms with E-state index in [-0.39, 0.29) is 5.78 Å². The maximum atomic E-state index is 12.2. The van der Waals surface area contributed by atoms with Crippen molar-refractivity contribution in [3.63, 3.8) is 0 Å². The SMILES string of the molecule is Cc1csc(CCC(=O)c2ccc3c(c2)CCC3)n1. The second-order valence-corrected chi connectivity index (χ2v) is 6.09. The third kappa shape index (κ3) is 2.76. The van der Waals surface area contributed by atoms with Gasteiger partial charge >= 0.3 is 0 Å². The summed E-state index contributed by atoms with van der Waals surface area (Å²) in [7, 11) is 0. The second-order valence-electron chi connectivity index (χ2n) is 5.14. The van der Waals surface area contributed by atoms with Gasteiger partial charge in [-0.15, -0.1) is 11.3 Å². The smallest absolute Gasteiger partial charge is 0.163 e. The Hall–Kier alpha value is -1.48. The Morgan fingerprint density at radius 1 is 1.32 bits per heavy atom. The summed E-state index contributed by atoms with van der Waals surface area (Å²) in [4.78, 5) is 16.6. The van der Waals surface area contributed by atoms with Gasteiger partial charge in [-0.05, 0) is 43.4 Å². The zero-order valence-corrected chi connectivity index (χ0v) is 11.9. The summed E-state index contributed by atoms with van der Waals surface area (Å²) in [5.41, 5.74) is 4.71. The Labute approximate surface area is 117 Å². The molecule has 1 aromatic carbocycles. The van der Waals surface area contributed by atoms with Gasteiger partial charge in [0.25, 0.3) is 0 Å². The zero-order chi connectivity index (χ0) is 13.2. The first-order valence-corrected chi connectivity index (χ1v) is 7.66. The molecule has 0 fully saturated rings. The van der Waals surface area contributed by atoms with Gasteiger partial charge in [0.2, 0.25) is 0 Å². The van der Waals surface area contributed by atoms with Gasteiger partial charge in [0, 0.05) is 29.5 Å². The highest BCUT2D eigenvalue weighted by molar-refractivity contribution is 7.09. The highest BCUT2D eigenvalue weighted by Crippen LogP contribution is 2.23. The van der Waals surface area contributed by atoms with Crippen molar-refractivity contribution >= 4 is 17.1 Å². The molecule has 19 heavy (non-hydrogen) atoms. The van der Waals surface area contributed by atoms with Crippen LogP contribution in [0.3, 0.4) is 0 Å². The van der Waals surface area contributed by atoms with Gasteiger partial charge in [-0.2, -0.15) is 0 Å². The van der Waals surface area contributed by atoms with Crippen molar-refractivity contribution in [1.29, 1.82) is 0 Å². The summed E-state index contributed by atoms with van der Waals surface area (Å²) in [5, 5.41) is 3.10. The molecular formula is C16H17NOS. The number of carbonyl (C=O) groups excluding carboxylic acids is 1. The first-order valence-electron chi connectivity index (χ1n) is 6.78. The highest BCUT2D eigenvalue weighted by Gasteiger charge is 2.14. The maximum absolute atomic E-state index is 12.2. The van der Waals surface area contributed by atoms with E-state index in [1.165, 1.54) is 24.0 Å². The van der Waals surface area contributed by atoms with Crippen LogP contribution in [0, 0.1) is 6.92 Å². The molecule has 1 heterocycles. The van der Waals surface area contributed by atoms with Crippen molar-refractivity contribution in [2.45, 2.75) is 39.0 Å². The van der Waals surface area contributed by atoms with Crippen molar-refractivity contribution < 1.29 is 4.79 Å². The largest absolute Gasteiger partial charge is 0.294 e. The molecule has 0 atom stereocenters. The summed E-state index contributed by atoms with van der Waals surface area (Å²) in [6.45, 7) is 1.99. The third-order valence-electron chi connectivity index (χ3n) is 3.65. The number of Topliss-reactive ketones (excluding diaryl/α,β-unsaturated/α-hetero) is 1. The standard InChI is InChI=1S/C16H17NOS/c1-11-10-19-16(17-11)8-7-15(18)14-6-5-12-3-2-4-13(12)9-14/h5-6,9-10H,2-4,7-8H2,1H3. The van der Waals surface area contributed by atoms with Crippen LogP contribution in [0.15, 0.2) is 23.6 Å². The zero-order valence-electron chi connectivity index (χ0n) is 11.1. The molecule has 0 radical (unpaired) electrons. The first-order chi connectivity index (χ1) is 9.22. The van der Waals surface area contributed by atoms with E-state index in [4.69, 9.17) is 0 Å². The molecule has 3 heteroatoms. The predicted octanol–water partition coefficient (Wildman–Crippen LogP) is 3.76. The van der Waals surface area contributed by atoms with Gasteiger partial charge in [-0.3, -0.25) is 4.79 Å². The van der Waals surface area contributed by atoms with Crippen LogP contribution in [0.5, 0.6) is 0 Å². The van der Waals surface area contributed by atoms with Crippen LogP contribution in [0.4, 0.5) is 0 Å². The van der Waals surface area contributed by atoms with E-state index in [0.29, 0.717) is 6.42 Å². The lowest BCUT2D eigenvalue weighted by Crippen LogP contribution is -2.02. The molecule has 0 bridgehead atoms. The van der Waals surface area contributed by atoms with E-state index >= 15 is 0 Å². The second kappa shape index (κ2) is 5.25. The average Bonchev–Trinajstić information content (AvgIpc) is 3.03. The molecule has 1 aliphatic rings. The average molecular weight is 271 g/mol. The van der Waals surface area contributed by atoms with Crippen LogP contribution in [0.1, 0.15) is 45.0 Å². The van der Waals surface area contributed by atoms with Crippen LogP contribution in [0.2, 0.25) is 0 Å². The fourth-order valence-electron chi connectivity index (χ4n) is 2.63. The number of benzene rings is 1. The van der Waals surface area contributed by atoms with Crippen molar-refractivity contribution in [3.05, 3.63) is 51.0 Å². The highest BCUT2D eigenvalue weighted by atomic mass is 32.1. The normalized spacial score (nSPS) is 13.5. The topological polar surface area (TPSA) is 30.0 Å². The molecule has 98 valence electrons. The number of carbonyl (C=O) groups is 1. The Kier molecular flexibility index (Phi) is 3.47. The molecule has 1 aromatic heterocycles. The van der Waals surface area contributed by atoms with Gasteiger partial charge in [0.15, 0.2) is 5.78 Å². The Bertz CT molecular complexity index is 615. The van der Waals surface area contributed by atoms with E-state index in [1.54, 1.807) is 11.3 Å². The van der Waals surface area contributed by atoms with Gasteiger partial charge < -0.3 is 0 Å². The fraction of sp³-hybridized carbons (Fsp3) is 0.375. The number of thiazole rings is 1. The molecule has 0 N–H and O–H groups in total.